The maximum absolute atomic E-state index is 13.6. The SMILES string of the molecule is Cc1[nH]c(C(=O)O[C@H](C)C(=O)Nc2ccccc2F)c(C)c1C(=O)OC(C)C. The van der Waals surface area contributed by atoms with Crippen LogP contribution in [-0.2, 0) is 14.3 Å². The zero-order valence-electron chi connectivity index (χ0n) is 16.4. The average molecular weight is 390 g/mol. The van der Waals surface area contributed by atoms with E-state index >= 15 is 0 Å². The molecule has 2 aromatic rings. The van der Waals surface area contributed by atoms with Crippen LogP contribution in [-0.4, -0.2) is 35.0 Å². The van der Waals surface area contributed by atoms with Gasteiger partial charge in [-0.15, -0.1) is 0 Å². The number of aromatic amines is 1. The Balaban J connectivity index is 2.11. The minimum atomic E-state index is -1.18. The Labute approximate surface area is 162 Å². The topological polar surface area (TPSA) is 97.5 Å². The van der Waals surface area contributed by atoms with Gasteiger partial charge in [0.05, 0.1) is 17.4 Å². The van der Waals surface area contributed by atoms with Crippen LogP contribution in [0.15, 0.2) is 24.3 Å². The molecule has 8 heteroatoms. The van der Waals surface area contributed by atoms with Gasteiger partial charge in [-0.25, -0.2) is 14.0 Å². The standard InChI is InChI=1S/C20H23FN2O5/c1-10(2)27-19(25)16-11(3)17(22-12(16)4)20(26)28-13(5)18(24)23-15-9-7-6-8-14(15)21/h6-10,13,22H,1-5H3,(H,23,24)/t13-/m1/s1. The summed E-state index contributed by atoms with van der Waals surface area (Å²) < 4.78 is 24.0. The number of hydrogen-bond donors (Lipinski definition) is 2. The maximum atomic E-state index is 13.6. The number of aromatic nitrogens is 1. The molecular weight excluding hydrogens is 367 g/mol. The minimum absolute atomic E-state index is 0.0129. The Morgan fingerprint density at radius 1 is 1.04 bits per heavy atom. The summed E-state index contributed by atoms with van der Waals surface area (Å²) in [7, 11) is 0. The van der Waals surface area contributed by atoms with Crippen molar-refractivity contribution in [2.45, 2.75) is 46.8 Å². The number of aryl methyl sites for hydroxylation is 1. The van der Waals surface area contributed by atoms with Crippen molar-refractivity contribution in [1.82, 2.24) is 4.98 Å². The molecule has 2 N–H and O–H groups in total. The number of nitrogens with one attached hydrogen (secondary N) is 2. The van der Waals surface area contributed by atoms with Gasteiger partial charge in [0.25, 0.3) is 5.91 Å². The lowest BCUT2D eigenvalue weighted by molar-refractivity contribution is -0.123. The van der Waals surface area contributed by atoms with E-state index < -0.39 is 29.8 Å². The van der Waals surface area contributed by atoms with Gasteiger partial charge in [-0.2, -0.15) is 0 Å². The molecule has 1 aromatic heterocycles. The molecule has 0 radical (unpaired) electrons. The van der Waals surface area contributed by atoms with Gasteiger partial charge in [-0.1, -0.05) is 12.1 Å². The predicted molar refractivity (Wildman–Crippen MR) is 101 cm³/mol. The first kappa shape index (κ1) is 21.1. The Hall–Kier alpha value is -3.16. The van der Waals surface area contributed by atoms with Crippen LogP contribution in [0.5, 0.6) is 0 Å². The monoisotopic (exact) mass is 390 g/mol. The van der Waals surface area contributed by atoms with Gasteiger partial charge in [0, 0.05) is 5.69 Å². The highest BCUT2D eigenvalue weighted by Crippen LogP contribution is 2.21. The lowest BCUT2D eigenvalue weighted by Crippen LogP contribution is -2.30. The Bertz CT molecular complexity index is 904. The lowest BCUT2D eigenvalue weighted by atomic mass is 10.1. The Morgan fingerprint density at radius 3 is 2.29 bits per heavy atom. The number of esters is 2. The van der Waals surface area contributed by atoms with Gasteiger partial charge in [0.2, 0.25) is 0 Å². The van der Waals surface area contributed by atoms with Crippen LogP contribution in [0.3, 0.4) is 0 Å². The zero-order chi connectivity index (χ0) is 21.0. The summed E-state index contributed by atoms with van der Waals surface area (Å²) in [5.74, 6) is -2.64. The molecule has 0 aliphatic heterocycles. The van der Waals surface area contributed by atoms with E-state index in [2.05, 4.69) is 10.3 Å². The Morgan fingerprint density at radius 2 is 1.68 bits per heavy atom. The fourth-order valence-electron chi connectivity index (χ4n) is 2.60. The van der Waals surface area contributed by atoms with Crippen LogP contribution in [0.4, 0.5) is 10.1 Å². The van der Waals surface area contributed by atoms with Crippen LogP contribution < -0.4 is 5.32 Å². The van der Waals surface area contributed by atoms with E-state index in [0.717, 1.165) is 0 Å². The van der Waals surface area contributed by atoms with E-state index in [1.807, 2.05) is 0 Å². The summed E-state index contributed by atoms with van der Waals surface area (Å²) in [6.07, 6.45) is -1.49. The molecule has 2 rings (SSSR count). The number of anilines is 1. The number of amides is 1. The third kappa shape index (κ3) is 4.76. The van der Waals surface area contributed by atoms with Crippen molar-refractivity contribution < 1.29 is 28.2 Å². The zero-order valence-corrected chi connectivity index (χ0v) is 16.4. The van der Waals surface area contributed by atoms with E-state index in [-0.39, 0.29) is 23.0 Å². The number of para-hydroxylation sites is 1. The summed E-state index contributed by atoms with van der Waals surface area (Å²) in [5, 5.41) is 2.36. The van der Waals surface area contributed by atoms with Gasteiger partial charge in [0.15, 0.2) is 6.10 Å². The largest absolute Gasteiger partial charge is 0.459 e. The second-order valence-corrected chi connectivity index (χ2v) is 6.60. The van der Waals surface area contributed by atoms with E-state index in [9.17, 15) is 18.8 Å². The molecule has 0 aliphatic carbocycles. The first-order chi connectivity index (χ1) is 13.1. The highest BCUT2D eigenvalue weighted by atomic mass is 19.1. The minimum Gasteiger partial charge on any atom is -0.459 e. The van der Waals surface area contributed by atoms with Crippen molar-refractivity contribution in [3.63, 3.8) is 0 Å². The molecule has 0 spiro atoms. The van der Waals surface area contributed by atoms with Crippen LogP contribution in [0.2, 0.25) is 0 Å². The molecule has 1 heterocycles. The van der Waals surface area contributed by atoms with E-state index in [0.29, 0.717) is 11.3 Å². The summed E-state index contributed by atoms with van der Waals surface area (Å²) in [4.78, 5) is 39.6. The first-order valence-corrected chi connectivity index (χ1v) is 8.78. The van der Waals surface area contributed by atoms with Crippen LogP contribution in [0, 0.1) is 19.7 Å². The summed E-state index contributed by atoms with van der Waals surface area (Å²) in [6, 6.07) is 5.66. The molecule has 0 bridgehead atoms. The fourth-order valence-corrected chi connectivity index (χ4v) is 2.60. The highest BCUT2D eigenvalue weighted by molar-refractivity contribution is 6.00. The van der Waals surface area contributed by atoms with Crippen LogP contribution >= 0.6 is 0 Å². The molecule has 0 saturated carbocycles. The second kappa shape index (κ2) is 8.69. The first-order valence-electron chi connectivity index (χ1n) is 8.78. The molecule has 150 valence electrons. The maximum Gasteiger partial charge on any atom is 0.355 e. The number of rotatable bonds is 6. The van der Waals surface area contributed by atoms with Crippen molar-refractivity contribution in [3.8, 4) is 0 Å². The number of carbonyl (C=O) groups is 3. The van der Waals surface area contributed by atoms with Crippen LogP contribution in [0.25, 0.3) is 0 Å². The van der Waals surface area contributed by atoms with Gasteiger partial charge < -0.3 is 19.8 Å². The third-order valence-electron chi connectivity index (χ3n) is 3.97. The van der Waals surface area contributed by atoms with Crippen molar-refractivity contribution in [1.29, 1.82) is 0 Å². The van der Waals surface area contributed by atoms with Crippen molar-refractivity contribution in [2.75, 3.05) is 5.32 Å². The number of benzene rings is 1. The summed E-state index contributed by atoms with van der Waals surface area (Å²) >= 11 is 0. The van der Waals surface area contributed by atoms with Crippen molar-refractivity contribution in [3.05, 3.63) is 52.6 Å². The van der Waals surface area contributed by atoms with E-state index in [4.69, 9.17) is 9.47 Å². The van der Waals surface area contributed by atoms with Crippen LogP contribution in [0.1, 0.15) is 52.9 Å². The number of halogens is 1. The molecule has 0 fully saturated rings. The molecule has 7 nitrogen and oxygen atoms in total. The quantitative estimate of drug-likeness (QED) is 0.736. The van der Waals surface area contributed by atoms with Gasteiger partial charge >= 0.3 is 11.9 Å². The second-order valence-electron chi connectivity index (χ2n) is 6.60. The van der Waals surface area contributed by atoms with Crippen molar-refractivity contribution in [2.24, 2.45) is 0 Å². The summed E-state index contributed by atoms with van der Waals surface area (Å²) in [5.41, 5.74) is 1.12. The van der Waals surface area contributed by atoms with Crippen molar-refractivity contribution >= 4 is 23.5 Å². The molecule has 1 amide bonds. The molecule has 1 aromatic carbocycles. The van der Waals surface area contributed by atoms with E-state index in [1.165, 1.54) is 25.1 Å². The predicted octanol–water partition coefficient (Wildman–Crippen LogP) is 3.52. The lowest BCUT2D eigenvalue weighted by Gasteiger charge is -2.14. The number of carbonyl (C=O) groups excluding carboxylic acids is 3. The molecule has 1 atom stereocenters. The summed E-state index contributed by atoms with van der Waals surface area (Å²) in [6.45, 7) is 8.03. The number of H-pyrrole nitrogens is 1. The van der Waals surface area contributed by atoms with Gasteiger partial charge in [-0.05, 0) is 52.3 Å². The number of ether oxygens (including phenoxy) is 2. The smallest absolute Gasteiger partial charge is 0.355 e. The molecule has 28 heavy (non-hydrogen) atoms. The average Bonchev–Trinajstić information content (AvgIpc) is 2.90. The molecular formula is C20H23FN2O5. The fraction of sp³-hybridized carbons (Fsp3) is 0.350. The molecule has 0 unspecified atom stereocenters. The van der Waals surface area contributed by atoms with E-state index in [1.54, 1.807) is 33.8 Å². The Kier molecular flexibility index (Phi) is 6.56. The third-order valence-corrected chi connectivity index (χ3v) is 3.97. The van der Waals surface area contributed by atoms with Gasteiger partial charge in [-0.3, -0.25) is 4.79 Å². The van der Waals surface area contributed by atoms with Gasteiger partial charge in [0.1, 0.15) is 11.5 Å². The highest BCUT2D eigenvalue weighted by Gasteiger charge is 2.27. The normalized spacial score (nSPS) is 11.8. The number of hydrogen-bond acceptors (Lipinski definition) is 5. The molecule has 0 aliphatic rings. The molecule has 0 saturated heterocycles.